The van der Waals surface area contributed by atoms with Gasteiger partial charge in [-0.15, -0.1) is 11.3 Å². The van der Waals surface area contributed by atoms with E-state index in [2.05, 4.69) is 35.4 Å². The molecule has 2 nitrogen and oxygen atoms in total. The zero-order valence-corrected chi connectivity index (χ0v) is 10.4. The summed E-state index contributed by atoms with van der Waals surface area (Å²) in [6.45, 7) is 2.14. The van der Waals surface area contributed by atoms with E-state index in [1.165, 1.54) is 15.3 Å². The highest BCUT2D eigenvalue weighted by Gasteiger charge is 2.11. The fourth-order valence-corrected chi connectivity index (χ4v) is 2.73. The molecule has 1 N–H and O–H groups in total. The Balaban J connectivity index is 2.12. The lowest BCUT2D eigenvalue weighted by Gasteiger charge is -2.14. The molecule has 0 saturated carbocycles. The van der Waals surface area contributed by atoms with Gasteiger partial charge in [-0.1, -0.05) is 6.07 Å². The van der Waals surface area contributed by atoms with Crippen molar-refractivity contribution in [2.45, 2.75) is 19.4 Å². The van der Waals surface area contributed by atoms with Gasteiger partial charge in [0.05, 0.1) is 0 Å². The van der Waals surface area contributed by atoms with Gasteiger partial charge in [0, 0.05) is 28.2 Å². The molecule has 0 aliphatic carbocycles. The summed E-state index contributed by atoms with van der Waals surface area (Å²) in [6, 6.07) is 8.88. The Morgan fingerprint density at radius 3 is 2.81 bits per heavy atom. The van der Waals surface area contributed by atoms with Crippen LogP contribution in [-0.4, -0.2) is 12.0 Å². The van der Waals surface area contributed by atoms with E-state index in [4.69, 9.17) is 0 Å². The molecule has 0 aliphatic rings. The molecule has 0 spiro atoms. The molecule has 1 unspecified atom stereocenters. The third kappa shape index (κ3) is 2.68. The second-order valence-corrected chi connectivity index (χ2v) is 5.17. The number of likely N-dealkylation sites (N-methyl/N-ethyl adjacent to an activating group) is 1. The van der Waals surface area contributed by atoms with Crippen LogP contribution in [-0.2, 0) is 6.42 Å². The van der Waals surface area contributed by atoms with Crippen molar-refractivity contribution in [1.82, 2.24) is 10.3 Å². The number of thiophene rings is 1. The molecule has 16 heavy (non-hydrogen) atoms. The summed E-state index contributed by atoms with van der Waals surface area (Å²) in [6.07, 6.45) is 4.74. The first-order valence-corrected chi connectivity index (χ1v) is 6.23. The summed E-state index contributed by atoms with van der Waals surface area (Å²) in [7, 11) is 2.01. The highest BCUT2D eigenvalue weighted by atomic mass is 32.1. The van der Waals surface area contributed by atoms with E-state index >= 15 is 0 Å². The maximum Gasteiger partial charge on any atom is 0.0453 e. The second-order valence-electron chi connectivity index (χ2n) is 3.86. The SMILES string of the molecule is CNC(Cc1cccnc1)c1ccc(C)s1. The Hall–Kier alpha value is -1.19. The largest absolute Gasteiger partial charge is 0.312 e. The van der Waals surface area contributed by atoms with Crippen molar-refractivity contribution >= 4 is 11.3 Å². The van der Waals surface area contributed by atoms with Crippen LogP contribution in [0.1, 0.15) is 21.4 Å². The molecular formula is C13H16N2S. The van der Waals surface area contributed by atoms with Crippen LogP contribution in [0.5, 0.6) is 0 Å². The number of hydrogen-bond donors (Lipinski definition) is 1. The van der Waals surface area contributed by atoms with Crippen molar-refractivity contribution in [3.05, 3.63) is 52.0 Å². The van der Waals surface area contributed by atoms with Crippen LogP contribution in [0.15, 0.2) is 36.7 Å². The van der Waals surface area contributed by atoms with Gasteiger partial charge in [-0.25, -0.2) is 0 Å². The van der Waals surface area contributed by atoms with Crippen molar-refractivity contribution < 1.29 is 0 Å². The molecule has 2 aromatic rings. The summed E-state index contributed by atoms with van der Waals surface area (Å²) in [5.41, 5.74) is 1.27. The van der Waals surface area contributed by atoms with E-state index in [1.807, 2.05) is 36.8 Å². The van der Waals surface area contributed by atoms with E-state index in [0.29, 0.717) is 6.04 Å². The van der Waals surface area contributed by atoms with Crippen LogP contribution >= 0.6 is 11.3 Å². The highest BCUT2D eigenvalue weighted by molar-refractivity contribution is 7.12. The Kier molecular flexibility index (Phi) is 3.70. The number of hydrogen-bond acceptors (Lipinski definition) is 3. The smallest absolute Gasteiger partial charge is 0.0453 e. The number of pyridine rings is 1. The molecule has 0 radical (unpaired) electrons. The molecule has 1 atom stereocenters. The van der Waals surface area contributed by atoms with Crippen LogP contribution in [0.2, 0.25) is 0 Å². The van der Waals surface area contributed by atoms with Crippen molar-refractivity contribution in [2.75, 3.05) is 7.05 Å². The first-order chi connectivity index (χ1) is 7.79. The lowest BCUT2D eigenvalue weighted by molar-refractivity contribution is 0.601. The predicted octanol–water partition coefficient (Wildman–Crippen LogP) is 2.95. The minimum absolute atomic E-state index is 0.392. The van der Waals surface area contributed by atoms with Crippen LogP contribution in [0.4, 0.5) is 0 Å². The van der Waals surface area contributed by atoms with E-state index in [9.17, 15) is 0 Å². The Morgan fingerprint density at radius 1 is 1.38 bits per heavy atom. The number of nitrogens with zero attached hydrogens (tertiary/aromatic N) is 1. The zero-order chi connectivity index (χ0) is 11.4. The normalized spacial score (nSPS) is 12.6. The monoisotopic (exact) mass is 232 g/mol. The number of rotatable bonds is 4. The van der Waals surface area contributed by atoms with Gasteiger partial charge in [-0.05, 0) is 44.2 Å². The summed E-state index contributed by atoms with van der Waals surface area (Å²) < 4.78 is 0. The Bertz CT molecular complexity index is 436. The van der Waals surface area contributed by atoms with Gasteiger partial charge in [0.2, 0.25) is 0 Å². The highest BCUT2D eigenvalue weighted by Crippen LogP contribution is 2.25. The van der Waals surface area contributed by atoms with Gasteiger partial charge in [-0.2, -0.15) is 0 Å². The topological polar surface area (TPSA) is 24.9 Å². The van der Waals surface area contributed by atoms with Gasteiger partial charge in [0.15, 0.2) is 0 Å². The average Bonchev–Trinajstić information content (AvgIpc) is 2.74. The lowest BCUT2D eigenvalue weighted by atomic mass is 10.1. The fourth-order valence-electron chi connectivity index (χ4n) is 1.74. The standard InChI is InChI=1S/C13H16N2S/c1-10-5-6-13(16-10)12(14-2)8-11-4-3-7-15-9-11/h3-7,9,12,14H,8H2,1-2H3. The minimum atomic E-state index is 0.392. The predicted molar refractivity (Wildman–Crippen MR) is 68.8 cm³/mol. The lowest BCUT2D eigenvalue weighted by Crippen LogP contribution is -2.17. The molecule has 3 heteroatoms. The van der Waals surface area contributed by atoms with Crippen molar-refractivity contribution in [3.63, 3.8) is 0 Å². The van der Waals surface area contributed by atoms with Crippen molar-refractivity contribution in [1.29, 1.82) is 0 Å². The quantitative estimate of drug-likeness (QED) is 0.876. The zero-order valence-electron chi connectivity index (χ0n) is 9.60. The van der Waals surface area contributed by atoms with E-state index in [1.54, 1.807) is 0 Å². The van der Waals surface area contributed by atoms with E-state index in [-0.39, 0.29) is 0 Å². The third-order valence-electron chi connectivity index (χ3n) is 2.62. The summed E-state index contributed by atoms with van der Waals surface area (Å²) in [5.74, 6) is 0. The molecule has 0 bridgehead atoms. The fraction of sp³-hybridized carbons (Fsp3) is 0.308. The van der Waals surface area contributed by atoms with E-state index in [0.717, 1.165) is 6.42 Å². The molecule has 2 rings (SSSR count). The van der Waals surface area contributed by atoms with Crippen LogP contribution in [0.3, 0.4) is 0 Å². The molecule has 2 aromatic heterocycles. The number of aromatic nitrogens is 1. The molecule has 0 saturated heterocycles. The van der Waals surface area contributed by atoms with Crippen LogP contribution in [0, 0.1) is 6.92 Å². The van der Waals surface area contributed by atoms with Gasteiger partial charge in [-0.3, -0.25) is 4.98 Å². The third-order valence-corrected chi connectivity index (χ3v) is 3.73. The van der Waals surface area contributed by atoms with Gasteiger partial charge >= 0.3 is 0 Å². The maximum atomic E-state index is 4.15. The van der Waals surface area contributed by atoms with Crippen molar-refractivity contribution in [3.8, 4) is 0 Å². The average molecular weight is 232 g/mol. The molecular weight excluding hydrogens is 216 g/mol. The first kappa shape index (κ1) is 11.3. The molecule has 0 aliphatic heterocycles. The van der Waals surface area contributed by atoms with Crippen LogP contribution < -0.4 is 5.32 Å². The second kappa shape index (κ2) is 5.23. The maximum absolute atomic E-state index is 4.15. The molecule has 84 valence electrons. The van der Waals surface area contributed by atoms with Crippen LogP contribution in [0.25, 0.3) is 0 Å². The number of nitrogens with one attached hydrogen (secondary N) is 1. The summed E-state index contributed by atoms with van der Waals surface area (Å²) in [4.78, 5) is 6.90. The van der Waals surface area contributed by atoms with Gasteiger partial charge < -0.3 is 5.32 Å². The van der Waals surface area contributed by atoms with E-state index < -0.39 is 0 Å². The van der Waals surface area contributed by atoms with Crippen molar-refractivity contribution in [2.24, 2.45) is 0 Å². The summed E-state index contributed by atoms with van der Waals surface area (Å²) in [5, 5.41) is 3.36. The first-order valence-electron chi connectivity index (χ1n) is 5.42. The minimum Gasteiger partial charge on any atom is -0.312 e. The Labute approximate surface area is 100 Å². The summed E-state index contributed by atoms with van der Waals surface area (Å²) >= 11 is 1.86. The Morgan fingerprint density at radius 2 is 2.25 bits per heavy atom. The molecule has 0 amide bonds. The molecule has 2 heterocycles. The van der Waals surface area contributed by atoms with Gasteiger partial charge in [0.1, 0.15) is 0 Å². The molecule has 0 aromatic carbocycles. The molecule has 0 fully saturated rings. The van der Waals surface area contributed by atoms with Gasteiger partial charge in [0.25, 0.3) is 0 Å². The number of aryl methyl sites for hydroxylation is 1.